The van der Waals surface area contributed by atoms with Gasteiger partial charge in [0.05, 0.1) is 12.1 Å². The Bertz CT molecular complexity index is 526. The first-order chi connectivity index (χ1) is 9.67. The number of carbonyl (C=O) groups excluding carboxylic acids is 1. The lowest BCUT2D eigenvalue weighted by Crippen LogP contribution is -2.40. The summed E-state index contributed by atoms with van der Waals surface area (Å²) in [5.74, 6) is 0. The van der Waals surface area contributed by atoms with Gasteiger partial charge in [0, 0.05) is 18.0 Å². The van der Waals surface area contributed by atoms with E-state index in [4.69, 9.17) is 16.3 Å². The number of hydrogen-bond donors (Lipinski definition) is 1. The second kappa shape index (κ2) is 5.85. The van der Waals surface area contributed by atoms with E-state index in [9.17, 15) is 9.90 Å². The second-order valence-corrected chi connectivity index (χ2v) is 7.12. The lowest BCUT2D eigenvalue weighted by molar-refractivity contribution is 0.0153. The lowest BCUT2D eigenvalue weighted by Gasteiger charge is -2.26. The fourth-order valence-corrected chi connectivity index (χ4v) is 2.72. The van der Waals surface area contributed by atoms with Crippen LogP contribution in [0.15, 0.2) is 24.3 Å². The molecule has 5 heteroatoms. The molecule has 116 valence electrons. The van der Waals surface area contributed by atoms with Crippen molar-refractivity contribution in [1.82, 2.24) is 4.90 Å². The van der Waals surface area contributed by atoms with Gasteiger partial charge in [0.15, 0.2) is 0 Å². The summed E-state index contributed by atoms with van der Waals surface area (Å²) in [6.45, 7) is 6.29. The highest BCUT2D eigenvalue weighted by Crippen LogP contribution is 2.27. The summed E-state index contributed by atoms with van der Waals surface area (Å²) in [5.41, 5.74) is -0.470. The minimum Gasteiger partial charge on any atom is -0.444 e. The molecule has 1 aromatic rings. The van der Waals surface area contributed by atoms with E-state index in [1.807, 2.05) is 39.0 Å². The molecular weight excluding hydrogens is 290 g/mol. The molecule has 0 unspecified atom stereocenters. The number of amides is 1. The van der Waals surface area contributed by atoms with Crippen LogP contribution in [0, 0.1) is 0 Å². The van der Waals surface area contributed by atoms with Crippen LogP contribution in [-0.2, 0) is 11.2 Å². The zero-order valence-corrected chi connectivity index (χ0v) is 13.5. The van der Waals surface area contributed by atoms with Crippen molar-refractivity contribution in [2.24, 2.45) is 0 Å². The first-order valence-corrected chi connectivity index (χ1v) is 7.49. The van der Waals surface area contributed by atoms with E-state index < -0.39 is 11.2 Å². The van der Waals surface area contributed by atoms with Gasteiger partial charge in [-0.3, -0.25) is 0 Å². The van der Waals surface area contributed by atoms with Crippen molar-refractivity contribution in [3.63, 3.8) is 0 Å². The minimum atomic E-state index is -0.915. The highest BCUT2D eigenvalue weighted by Gasteiger charge is 2.39. The summed E-state index contributed by atoms with van der Waals surface area (Å²) in [6.07, 6.45) is 0.649. The van der Waals surface area contributed by atoms with Gasteiger partial charge in [-0.1, -0.05) is 23.7 Å². The summed E-state index contributed by atoms with van der Waals surface area (Å²) >= 11 is 5.96. The van der Waals surface area contributed by atoms with Crippen LogP contribution in [0.2, 0.25) is 5.02 Å². The van der Waals surface area contributed by atoms with Gasteiger partial charge in [-0.25, -0.2) is 4.79 Å². The number of carbonyl (C=O) groups is 1. The highest BCUT2D eigenvalue weighted by atomic mass is 35.5. The molecule has 1 aliphatic rings. The molecule has 21 heavy (non-hydrogen) atoms. The standard InChI is InChI=1S/C16H22ClNO3/c1-15(2,3)21-14(19)18-8-7-16(20,11-18)10-12-5-4-6-13(17)9-12/h4-6,9,20H,7-8,10-11H2,1-3H3/t16-/m0/s1. The van der Waals surface area contributed by atoms with Gasteiger partial charge in [-0.05, 0) is 44.9 Å². The molecule has 0 spiro atoms. The second-order valence-electron chi connectivity index (χ2n) is 6.68. The lowest BCUT2D eigenvalue weighted by atomic mass is 9.94. The van der Waals surface area contributed by atoms with Crippen molar-refractivity contribution in [2.45, 2.75) is 44.8 Å². The first-order valence-electron chi connectivity index (χ1n) is 7.12. The van der Waals surface area contributed by atoms with Crippen molar-refractivity contribution in [3.8, 4) is 0 Å². The third-order valence-electron chi connectivity index (χ3n) is 3.41. The molecule has 1 aliphatic heterocycles. The normalized spacial score (nSPS) is 22.4. The number of likely N-dealkylation sites (tertiary alicyclic amines) is 1. The van der Waals surface area contributed by atoms with Crippen LogP contribution in [0.25, 0.3) is 0 Å². The van der Waals surface area contributed by atoms with Crippen LogP contribution in [0.3, 0.4) is 0 Å². The molecule has 1 N–H and O–H groups in total. The van der Waals surface area contributed by atoms with Gasteiger partial charge in [-0.2, -0.15) is 0 Å². The zero-order chi connectivity index (χ0) is 15.7. The molecule has 4 nitrogen and oxygen atoms in total. The van der Waals surface area contributed by atoms with Gasteiger partial charge in [-0.15, -0.1) is 0 Å². The molecule has 0 saturated carbocycles. The van der Waals surface area contributed by atoms with E-state index in [2.05, 4.69) is 0 Å². The van der Waals surface area contributed by atoms with Crippen LogP contribution in [0.5, 0.6) is 0 Å². The number of halogens is 1. The Kier molecular flexibility index (Phi) is 4.49. The molecule has 1 aromatic carbocycles. The molecule has 0 aliphatic carbocycles. The van der Waals surface area contributed by atoms with Gasteiger partial charge < -0.3 is 14.7 Å². The van der Waals surface area contributed by atoms with E-state index in [0.29, 0.717) is 24.4 Å². The largest absolute Gasteiger partial charge is 0.444 e. The molecule has 1 atom stereocenters. The van der Waals surface area contributed by atoms with Crippen molar-refractivity contribution in [3.05, 3.63) is 34.9 Å². The van der Waals surface area contributed by atoms with E-state index >= 15 is 0 Å². The molecule has 2 rings (SSSR count). The van der Waals surface area contributed by atoms with Crippen LogP contribution >= 0.6 is 11.6 Å². The first kappa shape index (κ1) is 16.1. The van der Waals surface area contributed by atoms with E-state index in [-0.39, 0.29) is 12.6 Å². The average Bonchev–Trinajstić information content (AvgIpc) is 2.69. The molecule has 0 radical (unpaired) electrons. The van der Waals surface area contributed by atoms with Gasteiger partial charge >= 0.3 is 6.09 Å². The van der Waals surface area contributed by atoms with Gasteiger partial charge in [0.25, 0.3) is 0 Å². The summed E-state index contributed by atoms with van der Waals surface area (Å²) in [7, 11) is 0. The number of β-amino-alcohol motifs (C(OH)–C–C–N with tert-alkyl or cyclic N) is 1. The number of nitrogens with zero attached hydrogens (tertiary/aromatic N) is 1. The Balaban J connectivity index is 1.98. The predicted octanol–water partition coefficient (Wildman–Crippen LogP) is 3.25. The predicted molar refractivity (Wildman–Crippen MR) is 82.5 cm³/mol. The Labute approximate surface area is 130 Å². The number of benzene rings is 1. The molecule has 0 bridgehead atoms. The highest BCUT2D eigenvalue weighted by molar-refractivity contribution is 6.30. The van der Waals surface area contributed by atoms with Crippen molar-refractivity contribution >= 4 is 17.7 Å². The van der Waals surface area contributed by atoms with E-state index in [1.165, 1.54) is 0 Å². The topological polar surface area (TPSA) is 49.8 Å². The number of ether oxygens (including phenoxy) is 1. The molecule has 1 saturated heterocycles. The summed E-state index contributed by atoms with van der Waals surface area (Å²) in [6, 6.07) is 7.44. The Morgan fingerprint density at radius 3 is 2.81 bits per heavy atom. The molecule has 1 amide bonds. The maximum absolute atomic E-state index is 12.0. The number of aliphatic hydroxyl groups is 1. The monoisotopic (exact) mass is 311 g/mol. The average molecular weight is 312 g/mol. The fraction of sp³-hybridized carbons (Fsp3) is 0.562. The van der Waals surface area contributed by atoms with Gasteiger partial charge in [0.1, 0.15) is 5.60 Å². The SMILES string of the molecule is CC(C)(C)OC(=O)N1CC[C@](O)(Cc2cccc(Cl)c2)C1. The maximum atomic E-state index is 12.0. The Hall–Kier alpha value is -1.26. The zero-order valence-electron chi connectivity index (χ0n) is 12.7. The summed E-state index contributed by atoms with van der Waals surface area (Å²) in [4.78, 5) is 13.6. The Morgan fingerprint density at radius 2 is 2.19 bits per heavy atom. The summed E-state index contributed by atoms with van der Waals surface area (Å²) in [5, 5.41) is 11.3. The van der Waals surface area contributed by atoms with Crippen molar-refractivity contribution < 1.29 is 14.6 Å². The maximum Gasteiger partial charge on any atom is 0.410 e. The van der Waals surface area contributed by atoms with Crippen molar-refractivity contribution in [2.75, 3.05) is 13.1 Å². The molecule has 0 aromatic heterocycles. The third kappa shape index (κ3) is 4.61. The quantitative estimate of drug-likeness (QED) is 0.912. The number of rotatable bonds is 2. The minimum absolute atomic E-state index is 0.286. The molecular formula is C16H22ClNO3. The Morgan fingerprint density at radius 1 is 1.48 bits per heavy atom. The summed E-state index contributed by atoms with van der Waals surface area (Å²) < 4.78 is 5.34. The van der Waals surface area contributed by atoms with E-state index in [1.54, 1.807) is 11.0 Å². The van der Waals surface area contributed by atoms with Crippen molar-refractivity contribution in [1.29, 1.82) is 0 Å². The third-order valence-corrected chi connectivity index (χ3v) is 3.64. The molecule has 1 fully saturated rings. The van der Waals surface area contributed by atoms with Crippen LogP contribution in [0.4, 0.5) is 4.79 Å². The number of hydrogen-bond acceptors (Lipinski definition) is 3. The van der Waals surface area contributed by atoms with Crippen LogP contribution < -0.4 is 0 Å². The fourth-order valence-electron chi connectivity index (χ4n) is 2.51. The van der Waals surface area contributed by atoms with Gasteiger partial charge in [0.2, 0.25) is 0 Å². The van der Waals surface area contributed by atoms with Crippen LogP contribution in [-0.4, -0.2) is 40.4 Å². The smallest absolute Gasteiger partial charge is 0.410 e. The molecule has 1 heterocycles. The van der Waals surface area contributed by atoms with Crippen LogP contribution in [0.1, 0.15) is 32.8 Å². The van der Waals surface area contributed by atoms with E-state index in [0.717, 1.165) is 5.56 Å².